The van der Waals surface area contributed by atoms with Gasteiger partial charge in [0.05, 0.1) is 36.2 Å². The van der Waals surface area contributed by atoms with Gasteiger partial charge in [0.2, 0.25) is 5.88 Å². The first-order valence-electron chi connectivity index (χ1n) is 13.0. The molecule has 3 N–H and O–H groups in total. The number of fused-ring (bicyclic) bond motifs is 2. The van der Waals surface area contributed by atoms with Crippen LogP contribution >= 0.6 is 0 Å². The molecule has 2 aromatic carbocycles. The molecule has 2 aromatic heterocycles. The van der Waals surface area contributed by atoms with Gasteiger partial charge in [-0.25, -0.2) is 9.97 Å². The number of benzene rings is 2. The summed E-state index contributed by atoms with van der Waals surface area (Å²) in [7, 11) is 1.51. The summed E-state index contributed by atoms with van der Waals surface area (Å²) in [5.41, 5.74) is 2.95. The molecule has 1 aliphatic heterocycles. The maximum absolute atomic E-state index is 13.0. The summed E-state index contributed by atoms with van der Waals surface area (Å²) in [4.78, 5) is 24.7. The van der Waals surface area contributed by atoms with Crippen molar-refractivity contribution in [2.24, 2.45) is 0 Å². The molecule has 0 saturated carbocycles. The van der Waals surface area contributed by atoms with Gasteiger partial charge < -0.3 is 19.8 Å². The Hall–Kier alpha value is -3.87. The van der Waals surface area contributed by atoms with Crippen molar-refractivity contribution in [1.29, 1.82) is 0 Å². The SMILES string of the molecule is C#C.CC.CCC(O)c1cc(O)c2nc(-c3cccc4c(=O)n(CCN5CCCC5)[nH]c34)c(OC)nc2c1. The maximum atomic E-state index is 13.0. The molecule has 9 nitrogen and oxygen atoms in total. The van der Waals surface area contributed by atoms with E-state index >= 15 is 0 Å². The first-order chi connectivity index (χ1) is 18.5. The number of hydrogen-bond donors (Lipinski definition) is 3. The van der Waals surface area contributed by atoms with Crippen LogP contribution < -0.4 is 10.3 Å². The Bertz CT molecular complexity index is 1450. The van der Waals surface area contributed by atoms with E-state index in [0.717, 1.165) is 19.6 Å². The molecule has 5 rings (SSSR count). The molecule has 1 saturated heterocycles. The van der Waals surface area contributed by atoms with Crippen LogP contribution in [0, 0.1) is 12.8 Å². The second-order valence-electron chi connectivity index (χ2n) is 8.76. The van der Waals surface area contributed by atoms with E-state index in [0.29, 0.717) is 51.7 Å². The predicted molar refractivity (Wildman–Crippen MR) is 151 cm³/mol. The van der Waals surface area contributed by atoms with E-state index in [1.165, 1.54) is 26.0 Å². The number of terminal acetylenes is 1. The number of aromatic amines is 1. The average molecular weight is 520 g/mol. The molecule has 38 heavy (non-hydrogen) atoms. The molecule has 9 heteroatoms. The number of rotatable bonds is 7. The van der Waals surface area contributed by atoms with Crippen molar-refractivity contribution in [3.8, 4) is 35.7 Å². The summed E-state index contributed by atoms with van der Waals surface area (Å²) in [6, 6.07) is 8.68. The third kappa shape index (κ3) is 5.67. The fraction of sp³-hybridized carbons (Fsp3) is 0.414. The Balaban J connectivity index is 0.000000956. The normalized spacial score (nSPS) is 14.0. The molecular formula is C29H37N5O4. The average Bonchev–Trinajstić information content (AvgIpc) is 3.60. The number of ether oxygens (including phenoxy) is 1. The van der Waals surface area contributed by atoms with Crippen LogP contribution in [0.4, 0.5) is 0 Å². The van der Waals surface area contributed by atoms with E-state index in [1.807, 2.05) is 32.9 Å². The lowest BCUT2D eigenvalue weighted by atomic mass is 10.0. The lowest BCUT2D eigenvalue weighted by Gasteiger charge is -2.14. The van der Waals surface area contributed by atoms with Crippen LogP contribution in [-0.4, -0.2) is 61.6 Å². The molecule has 0 amide bonds. The minimum absolute atomic E-state index is 0.0692. The fourth-order valence-electron chi connectivity index (χ4n) is 4.68. The Kier molecular flexibility index (Phi) is 9.88. The van der Waals surface area contributed by atoms with Gasteiger partial charge in [-0.15, -0.1) is 12.8 Å². The Labute approximate surface area is 223 Å². The van der Waals surface area contributed by atoms with Gasteiger partial charge in [0, 0.05) is 12.1 Å². The number of nitrogens with zero attached hydrogens (tertiary/aromatic N) is 4. The third-order valence-electron chi connectivity index (χ3n) is 6.59. The van der Waals surface area contributed by atoms with Gasteiger partial charge in [0.1, 0.15) is 17.0 Å². The number of aliphatic hydroxyl groups excluding tert-OH is 1. The number of para-hydroxylation sites is 1. The molecular weight excluding hydrogens is 482 g/mol. The van der Waals surface area contributed by atoms with E-state index in [2.05, 4.69) is 32.8 Å². The van der Waals surface area contributed by atoms with E-state index in [1.54, 1.807) is 16.8 Å². The minimum atomic E-state index is -0.707. The number of hydrogen-bond acceptors (Lipinski definition) is 7. The number of phenolic OH excluding ortho intramolecular Hbond substituents is 1. The summed E-state index contributed by atoms with van der Waals surface area (Å²) < 4.78 is 7.19. The highest BCUT2D eigenvalue weighted by molar-refractivity contribution is 5.95. The van der Waals surface area contributed by atoms with E-state index < -0.39 is 6.10 Å². The summed E-state index contributed by atoms with van der Waals surface area (Å²) in [5, 5.41) is 24.7. The molecule has 1 fully saturated rings. The summed E-state index contributed by atoms with van der Waals surface area (Å²) in [6.45, 7) is 9.41. The Morgan fingerprint density at radius 1 is 1.13 bits per heavy atom. The summed E-state index contributed by atoms with van der Waals surface area (Å²) >= 11 is 0. The minimum Gasteiger partial charge on any atom is -0.506 e. The Morgan fingerprint density at radius 3 is 2.50 bits per heavy atom. The second-order valence-corrected chi connectivity index (χ2v) is 8.76. The van der Waals surface area contributed by atoms with Crippen LogP contribution in [0.25, 0.3) is 33.2 Å². The van der Waals surface area contributed by atoms with Gasteiger partial charge in [-0.05, 0) is 56.1 Å². The molecule has 202 valence electrons. The van der Waals surface area contributed by atoms with Crippen LogP contribution in [0.15, 0.2) is 35.1 Å². The van der Waals surface area contributed by atoms with Crippen molar-refractivity contribution < 1.29 is 14.9 Å². The zero-order valence-electron chi connectivity index (χ0n) is 22.6. The summed E-state index contributed by atoms with van der Waals surface area (Å²) in [5.74, 6) is 0.202. The van der Waals surface area contributed by atoms with Crippen LogP contribution in [0.5, 0.6) is 11.6 Å². The van der Waals surface area contributed by atoms with Crippen LogP contribution in [-0.2, 0) is 6.54 Å². The zero-order chi connectivity index (χ0) is 27.8. The van der Waals surface area contributed by atoms with Gasteiger partial charge in [-0.2, -0.15) is 0 Å². The van der Waals surface area contributed by atoms with Crippen molar-refractivity contribution in [1.82, 2.24) is 24.6 Å². The highest BCUT2D eigenvalue weighted by atomic mass is 16.5. The number of aromatic nitrogens is 4. The van der Waals surface area contributed by atoms with Crippen molar-refractivity contribution in [2.75, 3.05) is 26.7 Å². The van der Waals surface area contributed by atoms with Crippen LogP contribution in [0.1, 0.15) is 51.7 Å². The first kappa shape index (κ1) is 28.7. The molecule has 3 heterocycles. The first-order valence-corrected chi connectivity index (χ1v) is 13.0. The Morgan fingerprint density at radius 2 is 1.84 bits per heavy atom. The predicted octanol–water partition coefficient (Wildman–Crippen LogP) is 4.47. The number of aliphatic hydroxyl groups is 1. The maximum Gasteiger partial charge on any atom is 0.274 e. The monoisotopic (exact) mass is 519 g/mol. The van der Waals surface area contributed by atoms with Gasteiger partial charge in [-0.3, -0.25) is 14.6 Å². The number of nitrogens with one attached hydrogen (secondary N) is 1. The van der Waals surface area contributed by atoms with E-state index in [9.17, 15) is 15.0 Å². The van der Waals surface area contributed by atoms with Gasteiger partial charge in [-0.1, -0.05) is 32.9 Å². The smallest absolute Gasteiger partial charge is 0.274 e. The number of phenols is 1. The van der Waals surface area contributed by atoms with Crippen LogP contribution in [0.2, 0.25) is 0 Å². The van der Waals surface area contributed by atoms with Crippen molar-refractivity contribution >= 4 is 21.9 Å². The van der Waals surface area contributed by atoms with Crippen LogP contribution in [0.3, 0.4) is 0 Å². The van der Waals surface area contributed by atoms with E-state index in [-0.39, 0.29) is 17.2 Å². The number of aromatic hydroxyl groups is 1. The van der Waals surface area contributed by atoms with Crippen molar-refractivity contribution in [3.05, 3.63) is 46.2 Å². The highest BCUT2D eigenvalue weighted by Gasteiger charge is 2.20. The topological polar surface area (TPSA) is 116 Å². The number of likely N-dealkylation sites (tertiary alicyclic amines) is 1. The molecule has 0 bridgehead atoms. The number of methoxy groups -OCH3 is 1. The van der Waals surface area contributed by atoms with Crippen molar-refractivity contribution in [3.63, 3.8) is 0 Å². The molecule has 0 aliphatic carbocycles. The molecule has 1 atom stereocenters. The third-order valence-corrected chi connectivity index (χ3v) is 6.59. The molecule has 4 aromatic rings. The van der Waals surface area contributed by atoms with Crippen molar-refractivity contribution in [2.45, 2.75) is 52.7 Å². The second kappa shape index (κ2) is 13.1. The van der Waals surface area contributed by atoms with Gasteiger partial charge >= 0.3 is 0 Å². The van der Waals surface area contributed by atoms with Gasteiger partial charge in [0.15, 0.2) is 0 Å². The van der Waals surface area contributed by atoms with Gasteiger partial charge in [0.25, 0.3) is 5.56 Å². The fourth-order valence-corrected chi connectivity index (χ4v) is 4.68. The number of H-pyrrole nitrogens is 1. The molecule has 0 spiro atoms. The zero-order valence-corrected chi connectivity index (χ0v) is 22.6. The molecule has 1 aliphatic rings. The standard InChI is InChI=1S/C25H29N5O4.C2H6.C2H2/c1-3-19(31)15-13-18-23(20(32)14-15)27-22(24(26-18)34-2)16-7-6-8-17-21(16)28-30(25(17)33)12-11-29-9-4-5-10-29;2*1-2/h6-8,13-14,19,28,31-32H,3-5,9-12H2,1-2H3;1-2H3;1-2H. The quantitative estimate of drug-likeness (QED) is 0.309. The highest BCUT2D eigenvalue weighted by Crippen LogP contribution is 2.36. The summed E-state index contributed by atoms with van der Waals surface area (Å²) in [6.07, 6.45) is 10.2. The molecule has 0 radical (unpaired) electrons. The largest absolute Gasteiger partial charge is 0.506 e. The van der Waals surface area contributed by atoms with E-state index in [4.69, 9.17) is 4.74 Å². The lowest BCUT2D eigenvalue weighted by molar-refractivity contribution is 0.173. The molecule has 1 unspecified atom stereocenters. The lowest BCUT2D eigenvalue weighted by Crippen LogP contribution is -2.28.